The number of carbonyl (C=O) groups excluding carboxylic acids is 1. The number of rotatable bonds is 10. The van der Waals surface area contributed by atoms with Crippen LogP contribution in [0, 0.1) is 0 Å². The van der Waals surface area contributed by atoms with Gasteiger partial charge in [0.1, 0.15) is 34.6 Å². The molecular formula is C25H21N5O5S2. The van der Waals surface area contributed by atoms with Gasteiger partial charge in [-0.2, -0.15) is 5.10 Å². The van der Waals surface area contributed by atoms with Gasteiger partial charge in [-0.05, 0) is 17.7 Å². The molecule has 2 N–H and O–H groups in total. The molecule has 0 bridgehead atoms. The van der Waals surface area contributed by atoms with Gasteiger partial charge in [-0.25, -0.2) is 23.8 Å². The van der Waals surface area contributed by atoms with Crippen LogP contribution in [0.5, 0.6) is 5.88 Å². The first-order valence-electron chi connectivity index (χ1n) is 11.1. The van der Waals surface area contributed by atoms with Crippen molar-refractivity contribution >= 4 is 44.2 Å². The molecule has 37 heavy (non-hydrogen) atoms. The molecule has 5 aromatic rings. The SMILES string of the molecule is O=C(NN=Cc1c[nH]c2cnc(OCc3ccccc3)cc12)c1csc(CS(=O)(=O)Cc2ccco2)n1. The highest BCUT2D eigenvalue weighted by atomic mass is 32.2. The molecule has 0 aliphatic rings. The molecule has 4 aromatic heterocycles. The second-order valence-corrected chi connectivity index (χ2v) is 11.0. The normalized spacial score (nSPS) is 11.8. The van der Waals surface area contributed by atoms with Crippen molar-refractivity contribution in [2.24, 2.45) is 5.10 Å². The maximum atomic E-state index is 12.5. The lowest BCUT2D eigenvalue weighted by Crippen LogP contribution is -2.18. The number of ether oxygens (including phenoxy) is 1. The fourth-order valence-electron chi connectivity index (χ4n) is 3.49. The van der Waals surface area contributed by atoms with Gasteiger partial charge < -0.3 is 14.1 Å². The van der Waals surface area contributed by atoms with Gasteiger partial charge in [-0.3, -0.25) is 4.79 Å². The molecule has 12 heteroatoms. The number of hydrogen-bond acceptors (Lipinski definition) is 9. The number of amides is 1. The van der Waals surface area contributed by atoms with Gasteiger partial charge in [0.15, 0.2) is 9.84 Å². The minimum absolute atomic E-state index is 0.0880. The molecule has 0 unspecified atom stereocenters. The first-order valence-corrected chi connectivity index (χ1v) is 13.8. The van der Waals surface area contributed by atoms with E-state index in [0.717, 1.165) is 33.4 Å². The number of fused-ring (bicyclic) bond motifs is 1. The first kappa shape index (κ1) is 24.4. The van der Waals surface area contributed by atoms with Gasteiger partial charge in [0.05, 0.1) is 24.2 Å². The number of thiazole rings is 1. The van der Waals surface area contributed by atoms with Crippen LogP contribution in [0.15, 0.2) is 82.1 Å². The summed E-state index contributed by atoms with van der Waals surface area (Å²) in [4.78, 5) is 24.0. The second kappa shape index (κ2) is 10.8. The minimum atomic E-state index is -3.49. The number of furan rings is 1. The number of aromatic nitrogens is 3. The van der Waals surface area contributed by atoms with E-state index in [1.165, 1.54) is 17.9 Å². The standard InChI is InChI=1S/C25H21N5O5S2/c31-25(22-14-36-24(29-22)16-37(32,33)15-19-7-4-8-34-19)30-28-11-18-10-26-21-12-27-23(9-20(18)21)35-13-17-5-2-1-3-6-17/h1-12,14,26H,13,15-16H2,(H,30,31). The third-order valence-electron chi connectivity index (χ3n) is 5.24. The number of sulfone groups is 1. The van der Waals surface area contributed by atoms with E-state index in [1.54, 1.807) is 30.6 Å². The highest BCUT2D eigenvalue weighted by molar-refractivity contribution is 7.89. The summed E-state index contributed by atoms with van der Waals surface area (Å²) in [5, 5.41) is 6.66. The van der Waals surface area contributed by atoms with E-state index >= 15 is 0 Å². The number of nitrogens with zero attached hydrogens (tertiary/aromatic N) is 3. The van der Waals surface area contributed by atoms with Crippen molar-refractivity contribution in [1.29, 1.82) is 0 Å². The van der Waals surface area contributed by atoms with Crippen molar-refractivity contribution in [3.8, 4) is 5.88 Å². The molecule has 0 aliphatic heterocycles. The smallest absolute Gasteiger partial charge is 0.290 e. The van der Waals surface area contributed by atoms with E-state index in [0.29, 0.717) is 23.3 Å². The summed E-state index contributed by atoms with van der Waals surface area (Å²) >= 11 is 1.10. The monoisotopic (exact) mass is 535 g/mol. The fraction of sp³-hybridized carbons (Fsp3) is 0.120. The number of aromatic amines is 1. The number of carbonyl (C=O) groups is 1. The maximum absolute atomic E-state index is 12.5. The first-order chi connectivity index (χ1) is 17.9. The largest absolute Gasteiger partial charge is 0.473 e. The van der Waals surface area contributed by atoms with Crippen LogP contribution in [-0.4, -0.2) is 35.5 Å². The van der Waals surface area contributed by atoms with Crippen molar-refractivity contribution in [2.45, 2.75) is 18.1 Å². The predicted octanol–water partition coefficient (Wildman–Crippen LogP) is 4.07. The van der Waals surface area contributed by atoms with E-state index < -0.39 is 15.7 Å². The van der Waals surface area contributed by atoms with Crippen molar-refractivity contribution in [3.05, 3.63) is 100 Å². The van der Waals surface area contributed by atoms with Crippen molar-refractivity contribution in [3.63, 3.8) is 0 Å². The lowest BCUT2D eigenvalue weighted by Gasteiger charge is -2.05. The van der Waals surface area contributed by atoms with Crippen molar-refractivity contribution in [2.75, 3.05) is 0 Å². The molecule has 188 valence electrons. The Hall–Kier alpha value is -4.29. The Kier molecular flexibility index (Phi) is 7.10. The predicted molar refractivity (Wildman–Crippen MR) is 139 cm³/mol. The number of hydrogen-bond donors (Lipinski definition) is 2. The van der Waals surface area contributed by atoms with Crippen LogP contribution in [0.1, 0.15) is 32.4 Å². The van der Waals surface area contributed by atoms with Crippen LogP contribution in [-0.2, 0) is 27.9 Å². The molecule has 0 saturated carbocycles. The van der Waals surface area contributed by atoms with Crippen LogP contribution in [0.2, 0.25) is 0 Å². The summed E-state index contributed by atoms with van der Waals surface area (Å²) in [5.74, 6) is -0.244. The van der Waals surface area contributed by atoms with Crippen LogP contribution >= 0.6 is 11.3 Å². The molecule has 0 fully saturated rings. The molecule has 0 saturated heterocycles. The molecule has 0 spiro atoms. The second-order valence-electron chi connectivity index (χ2n) is 8.02. The third kappa shape index (κ3) is 6.29. The lowest BCUT2D eigenvalue weighted by atomic mass is 10.2. The van der Waals surface area contributed by atoms with Crippen LogP contribution < -0.4 is 10.2 Å². The zero-order valence-electron chi connectivity index (χ0n) is 19.3. The molecule has 0 radical (unpaired) electrons. The molecule has 10 nitrogen and oxygen atoms in total. The Morgan fingerprint density at radius 2 is 2.05 bits per heavy atom. The molecule has 1 aromatic carbocycles. The molecular weight excluding hydrogens is 514 g/mol. The fourth-order valence-corrected chi connectivity index (χ4v) is 6.00. The Labute approximate surface area is 216 Å². The number of pyridine rings is 1. The van der Waals surface area contributed by atoms with E-state index in [9.17, 15) is 13.2 Å². The van der Waals surface area contributed by atoms with Crippen LogP contribution in [0.4, 0.5) is 0 Å². The summed E-state index contributed by atoms with van der Waals surface area (Å²) < 4.78 is 35.6. The van der Waals surface area contributed by atoms with E-state index in [-0.39, 0.29) is 17.2 Å². The Bertz CT molecular complexity index is 1640. The van der Waals surface area contributed by atoms with Crippen molar-refractivity contribution in [1.82, 2.24) is 20.4 Å². The summed E-state index contributed by atoms with van der Waals surface area (Å²) in [6.45, 7) is 0.392. The highest BCUT2D eigenvalue weighted by Crippen LogP contribution is 2.21. The average Bonchev–Trinajstić information content (AvgIpc) is 3.65. The number of H-pyrrole nitrogens is 1. The summed E-state index contributed by atoms with van der Waals surface area (Å²) in [5.41, 5.74) is 5.06. The topological polar surface area (TPSA) is 140 Å². The summed E-state index contributed by atoms with van der Waals surface area (Å²) in [6, 6.07) is 14.8. The van der Waals surface area contributed by atoms with Crippen molar-refractivity contribution < 1.29 is 22.4 Å². The van der Waals surface area contributed by atoms with E-state index in [2.05, 4.69) is 25.5 Å². The van der Waals surface area contributed by atoms with Gasteiger partial charge in [0, 0.05) is 28.6 Å². The highest BCUT2D eigenvalue weighted by Gasteiger charge is 2.19. The van der Waals surface area contributed by atoms with Gasteiger partial charge in [0.25, 0.3) is 5.91 Å². The van der Waals surface area contributed by atoms with Gasteiger partial charge in [0.2, 0.25) is 5.88 Å². The maximum Gasteiger partial charge on any atom is 0.290 e. The summed E-state index contributed by atoms with van der Waals surface area (Å²) in [6.07, 6.45) is 6.33. The van der Waals surface area contributed by atoms with E-state index in [1.807, 2.05) is 30.3 Å². The number of hydrazone groups is 1. The lowest BCUT2D eigenvalue weighted by molar-refractivity contribution is 0.0950. The van der Waals surface area contributed by atoms with E-state index in [4.69, 9.17) is 9.15 Å². The quantitative estimate of drug-likeness (QED) is 0.203. The number of benzene rings is 1. The van der Waals surface area contributed by atoms with Gasteiger partial charge in [-0.15, -0.1) is 11.3 Å². The summed E-state index contributed by atoms with van der Waals surface area (Å²) in [7, 11) is -3.49. The zero-order valence-corrected chi connectivity index (χ0v) is 21.0. The van der Waals surface area contributed by atoms with Crippen LogP contribution in [0.3, 0.4) is 0 Å². The number of nitrogens with one attached hydrogen (secondary N) is 2. The molecule has 5 rings (SSSR count). The Balaban J connectivity index is 1.20. The zero-order chi connectivity index (χ0) is 25.7. The van der Waals surface area contributed by atoms with Crippen LogP contribution in [0.25, 0.3) is 10.9 Å². The molecule has 4 heterocycles. The molecule has 1 amide bonds. The van der Waals surface area contributed by atoms with Gasteiger partial charge in [-0.1, -0.05) is 30.3 Å². The molecule has 0 aliphatic carbocycles. The van der Waals surface area contributed by atoms with Gasteiger partial charge >= 0.3 is 0 Å². The Morgan fingerprint density at radius 1 is 1.19 bits per heavy atom. The molecule has 0 atom stereocenters. The minimum Gasteiger partial charge on any atom is -0.473 e. The Morgan fingerprint density at radius 3 is 2.86 bits per heavy atom. The average molecular weight is 536 g/mol. The third-order valence-corrected chi connectivity index (χ3v) is 7.71.